The predicted octanol–water partition coefficient (Wildman–Crippen LogP) is 1.61. The molecule has 0 bridgehead atoms. The van der Waals surface area contributed by atoms with Gasteiger partial charge in [0.25, 0.3) is 5.91 Å². The number of para-hydroxylation sites is 1. The molecule has 6 heteroatoms. The maximum atomic E-state index is 12.4. The number of nitriles is 1. The average molecular weight is 398 g/mol. The fraction of sp³-hybridized carbons (Fsp3) is 0.273. The lowest BCUT2D eigenvalue weighted by Gasteiger charge is -2.22. The molecule has 0 aliphatic carbocycles. The second-order valence-corrected chi connectivity index (χ2v) is 6.25. The molecule has 0 saturated carbocycles. The third kappa shape index (κ3) is 5.77. The number of benzene rings is 2. The molecule has 1 amide bonds. The maximum absolute atomic E-state index is 12.4. The van der Waals surface area contributed by atoms with E-state index in [1.54, 1.807) is 0 Å². The van der Waals surface area contributed by atoms with Gasteiger partial charge in [0.1, 0.15) is 11.6 Å². The highest BCUT2D eigenvalue weighted by molar-refractivity contribution is 6.07. The molecular formula is C22H26ClN4O-. The fourth-order valence-electron chi connectivity index (χ4n) is 2.80. The van der Waals surface area contributed by atoms with Crippen LogP contribution in [0.4, 0.5) is 17.1 Å². The predicted molar refractivity (Wildman–Crippen MR) is 112 cm³/mol. The first-order chi connectivity index (χ1) is 13.0. The Morgan fingerprint density at radius 3 is 2.32 bits per heavy atom. The lowest BCUT2D eigenvalue weighted by Crippen LogP contribution is -3.00. The van der Waals surface area contributed by atoms with Crippen LogP contribution in [-0.4, -0.2) is 19.0 Å². The summed E-state index contributed by atoms with van der Waals surface area (Å²) >= 11 is 0. The number of hydrogen-bond donors (Lipinski definition) is 2. The van der Waals surface area contributed by atoms with Crippen LogP contribution in [0.5, 0.6) is 0 Å². The number of hydrogen-bond acceptors (Lipinski definition) is 4. The highest BCUT2D eigenvalue weighted by Crippen LogP contribution is 2.23. The van der Waals surface area contributed by atoms with Gasteiger partial charge < -0.3 is 27.9 Å². The van der Waals surface area contributed by atoms with Crippen molar-refractivity contribution in [3.8, 4) is 6.07 Å². The first-order valence-corrected chi connectivity index (χ1v) is 9.09. The zero-order valence-corrected chi connectivity index (χ0v) is 17.5. The van der Waals surface area contributed by atoms with E-state index in [0.29, 0.717) is 5.69 Å². The molecule has 5 nitrogen and oxygen atoms in total. The number of halogens is 1. The molecule has 28 heavy (non-hydrogen) atoms. The number of amides is 1. The van der Waals surface area contributed by atoms with Crippen LogP contribution < -0.4 is 27.9 Å². The van der Waals surface area contributed by atoms with Crippen LogP contribution in [0.15, 0.2) is 54.2 Å². The van der Waals surface area contributed by atoms with Crippen molar-refractivity contribution in [2.45, 2.75) is 27.7 Å². The second-order valence-electron chi connectivity index (χ2n) is 6.25. The quantitative estimate of drug-likeness (QED) is 0.550. The first kappa shape index (κ1) is 23.1. The van der Waals surface area contributed by atoms with Crippen molar-refractivity contribution in [1.82, 2.24) is 0 Å². The monoisotopic (exact) mass is 397 g/mol. The molecule has 2 N–H and O–H groups in total. The van der Waals surface area contributed by atoms with Crippen LogP contribution in [0.1, 0.15) is 25.0 Å². The lowest BCUT2D eigenvalue weighted by atomic mass is 10.1. The van der Waals surface area contributed by atoms with Crippen molar-refractivity contribution >= 4 is 23.0 Å². The van der Waals surface area contributed by atoms with Crippen molar-refractivity contribution in [1.29, 1.82) is 5.26 Å². The van der Waals surface area contributed by atoms with Crippen LogP contribution in [0, 0.1) is 25.2 Å². The SMILES string of the molecule is CCN(CC)c1ccc(N/C=C(/C#N)C(=O)Nc2ccccc2C)c(C)c1.[Cl-]. The summed E-state index contributed by atoms with van der Waals surface area (Å²) in [6.07, 6.45) is 1.45. The molecule has 0 aliphatic heterocycles. The molecule has 0 aliphatic rings. The van der Waals surface area contributed by atoms with Gasteiger partial charge in [-0.25, -0.2) is 0 Å². The molecular weight excluding hydrogens is 372 g/mol. The number of nitrogens with zero attached hydrogens (tertiary/aromatic N) is 2. The Morgan fingerprint density at radius 1 is 1.07 bits per heavy atom. The maximum Gasteiger partial charge on any atom is 0.267 e. The first-order valence-electron chi connectivity index (χ1n) is 9.09. The summed E-state index contributed by atoms with van der Waals surface area (Å²) in [5.41, 5.74) is 4.73. The van der Waals surface area contributed by atoms with Gasteiger partial charge in [-0.15, -0.1) is 0 Å². The molecule has 0 fully saturated rings. The minimum absolute atomic E-state index is 0. The van der Waals surface area contributed by atoms with E-state index in [0.717, 1.165) is 35.6 Å². The molecule has 2 rings (SSSR count). The molecule has 0 spiro atoms. The minimum Gasteiger partial charge on any atom is -1.00 e. The van der Waals surface area contributed by atoms with E-state index in [9.17, 15) is 10.1 Å². The van der Waals surface area contributed by atoms with Crippen molar-refractivity contribution < 1.29 is 17.2 Å². The summed E-state index contributed by atoms with van der Waals surface area (Å²) in [6.45, 7) is 10.0. The Bertz CT molecular complexity index is 882. The summed E-state index contributed by atoms with van der Waals surface area (Å²) in [6, 6.07) is 15.5. The van der Waals surface area contributed by atoms with Gasteiger partial charge in [-0.05, 0) is 63.1 Å². The molecule has 0 unspecified atom stereocenters. The van der Waals surface area contributed by atoms with Gasteiger partial charge in [-0.2, -0.15) is 5.26 Å². The van der Waals surface area contributed by atoms with Crippen LogP contribution in [0.25, 0.3) is 0 Å². The Kier molecular flexibility index (Phi) is 9.07. The average Bonchev–Trinajstić information content (AvgIpc) is 2.66. The summed E-state index contributed by atoms with van der Waals surface area (Å²) in [5.74, 6) is -0.434. The number of carbonyl (C=O) groups is 1. The smallest absolute Gasteiger partial charge is 0.267 e. The third-order valence-corrected chi connectivity index (χ3v) is 4.47. The Labute approximate surface area is 173 Å². The van der Waals surface area contributed by atoms with E-state index >= 15 is 0 Å². The molecule has 2 aromatic rings. The van der Waals surface area contributed by atoms with E-state index < -0.39 is 5.91 Å². The van der Waals surface area contributed by atoms with Crippen LogP contribution in [-0.2, 0) is 4.79 Å². The van der Waals surface area contributed by atoms with Gasteiger partial charge in [-0.1, -0.05) is 18.2 Å². The molecule has 0 radical (unpaired) electrons. The zero-order valence-electron chi connectivity index (χ0n) is 16.7. The van der Waals surface area contributed by atoms with E-state index in [-0.39, 0.29) is 18.0 Å². The molecule has 0 heterocycles. The summed E-state index contributed by atoms with van der Waals surface area (Å²) < 4.78 is 0. The number of carbonyl (C=O) groups excluding carboxylic acids is 1. The molecule has 0 aromatic heterocycles. The van der Waals surface area contributed by atoms with E-state index in [4.69, 9.17) is 0 Å². The van der Waals surface area contributed by atoms with Gasteiger partial charge >= 0.3 is 0 Å². The van der Waals surface area contributed by atoms with Gasteiger partial charge in [0.2, 0.25) is 0 Å². The van der Waals surface area contributed by atoms with Gasteiger partial charge in [0.15, 0.2) is 0 Å². The van der Waals surface area contributed by atoms with Crippen molar-refractivity contribution in [3.63, 3.8) is 0 Å². The zero-order chi connectivity index (χ0) is 19.8. The Hall–Kier alpha value is -2.97. The molecule has 0 saturated heterocycles. The summed E-state index contributed by atoms with van der Waals surface area (Å²) in [7, 11) is 0. The number of rotatable bonds is 7. The standard InChI is InChI=1S/C22H26N4O.ClH/c1-5-26(6-2)19-11-12-20(17(4)13-19)24-15-18(14-23)22(27)25-21-10-8-7-9-16(21)3;/h7-13,15,24H,5-6H2,1-4H3,(H,25,27);1H/p-1/b18-15-;. The Morgan fingerprint density at radius 2 is 1.75 bits per heavy atom. The van der Waals surface area contributed by atoms with E-state index in [1.807, 2.05) is 56.3 Å². The van der Waals surface area contributed by atoms with Crippen LogP contribution in [0.2, 0.25) is 0 Å². The molecule has 2 aromatic carbocycles. The van der Waals surface area contributed by atoms with Crippen molar-refractivity contribution in [2.75, 3.05) is 28.6 Å². The normalized spacial score (nSPS) is 10.5. The molecule has 148 valence electrons. The number of aryl methyl sites for hydroxylation is 2. The topological polar surface area (TPSA) is 68.2 Å². The minimum atomic E-state index is -0.434. The van der Waals surface area contributed by atoms with Crippen LogP contribution >= 0.6 is 0 Å². The van der Waals surface area contributed by atoms with E-state index in [2.05, 4.69) is 35.4 Å². The second kappa shape index (κ2) is 11.0. The number of nitrogens with one attached hydrogen (secondary N) is 2. The third-order valence-electron chi connectivity index (χ3n) is 4.47. The Balaban J connectivity index is 0.00000392. The van der Waals surface area contributed by atoms with Gasteiger partial charge in [0, 0.05) is 36.4 Å². The van der Waals surface area contributed by atoms with Gasteiger partial charge in [-0.3, -0.25) is 4.79 Å². The van der Waals surface area contributed by atoms with E-state index in [1.165, 1.54) is 6.20 Å². The molecule has 0 atom stereocenters. The highest BCUT2D eigenvalue weighted by Gasteiger charge is 2.11. The lowest BCUT2D eigenvalue weighted by molar-refractivity contribution is -0.112. The highest BCUT2D eigenvalue weighted by atomic mass is 35.5. The van der Waals surface area contributed by atoms with Crippen molar-refractivity contribution in [3.05, 3.63) is 65.4 Å². The summed E-state index contributed by atoms with van der Waals surface area (Å²) in [4.78, 5) is 14.6. The van der Waals surface area contributed by atoms with Gasteiger partial charge in [0.05, 0.1) is 0 Å². The fourth-order valence-corrected chi connectivity index (χ4v) is 2.80. The summed E-state index contributed by atoms with van der Waals surface area (Å²) in [5, 5.41) is 15.2. The largest absolute Gasteiger partial charge is 1.00 e. The van der Waals surface area contributed by atoms with Crippen molar-refractivity contribution in [2.24, 2.45) is 0 Å². The van der Waals surface area contributed by atoms with Crippen LogP contribution in [0.3, 0.4) is 0 Å². The number of anilines is 3.